The number of oxazole rings is 1. The van der Waals surface area contributed by atoms with Gasteiger partial charge in [0.25, 0.3) is 5.69 Å². The lowest BCUT2D eigenvalue weighted by molar-refractivity contribution is -0.384. The van der Waals surface area contributed by atoms with Gasteiger partial charge in [0.2, 0.25) is 0 Å². The van der Waals surface area contributed by atoms with Crippen molar-refractivity contribution in [2.45, 2.75) is 45.3 Å². The minimum atomic E-state index is -0.556. The number of nitro groups is 1. The molecule has 0 radical (unpaired) electrons. The van der Waals surface area contributed by atoms with Crippen LogP contribution in [-0.4, -0.2) is 45.7 Å². The summed E-state index contributed by atoms with van der Waals surface area (Å²) in [5.41, 5.74) is 0.144. The van der Waals surface area contributed by atoms with E-state index in [-0.39, 0.29) is 24.0 Å². The number of piperidine rings is 1. The van der Waals surface area contributed by atoms with Crippen molar-refractivity contribution >= 4 is 22.9 Å². The summed E-state index contributed by atoms with van der Waals surface area (Å²) in [6.07, 6.45) is 0.906. The Hall–Kier alpha value is -2.84. The monoisotopic (exact) mass is 363 g/mol. The number of aromatic nitrogens is 1. The van der Waals surface area contributed by atoms with Gasteiger partial charge in [-0.3, -0.25) is 10.1 Å². The van der Waals surface area contributed by atoms with Crippen LogP contribution in [0, 0.1) is 10.1 Å². The van der Waals surface area contributed by atoms with E-state index in [1.807, 2.05) is 20.8 Å². The minimum Gasteiger partial charge on any atom is -0.445 e. The first kappa shape index (κ1) is 18.0. The van der Waals surface area contributed by atoms with Crippen molar-refractivity contribution in [1.82, 2.24) is 9.88 Å². The number of nitrogens with zero attached hydrogens (tertiary/aromatic N) is 3. The van der Waals surface area contributed by atoms with Crippen LogP contribution in [-0.2, 0) is 4.74 Å². The number of ether oxygens (including phenoxy) is 2. The van der Waals surface area contributed by atoms with Gasteiger partial charge in [0.05, 0.1) is 11.5 Å². The van der Waals surface area contributed by atoms with Crippen LogP contribution in [0.15, 0.2) is 22.6 Å². The number of amides is 1. The van der Waals surface area contributed by atoms with Gasteiger partial charge in [-0.05, 0) is 39.7 Å². The molecular weight excluding hydrogens is 342 g/mol. The second-order valence-corrected chi connectivity index (χ2v) is 7.20. The Bertz CT molecular complexity index is 826. The molecule has 9 heteroatoms. The van der Waals surface area contributed by atoms with E-state index >= 15 is 0 Å². The Morgan fingerprint density at radius 2 is 2.19 bits per heavy atom. The van der Waals surface area contributed by atoms with Crippen molar-refractivity contribution in [3.63, 3.8) is 0 Å². The van der Waals surface area contributed by atoms with Crippen molar-refractivity contribution in [3.8, 4) is 6.08 Å². The first-order valence-electron chi connectivity index (χ1n) is 8.41. The highest BCUT2D eigenvalue weighted by atomic mass is 16.6. The van der Waals surface area contributed by atoms with Gasteiger partial charge >= 0.3 is 12.2 Å². The number of non-ortho nitro benzene ring substituents is 1. The van der Waals surface area contributed by atoms with Crippen molar-refractivity contribution in [1.29, 1.82) is 0 Å². The van der Waals surface area contributed by atoms with Crippen LogP contribution in [0.3, 0.4) is 0 Å². The van der Waals surface area contributed by atoms with E-state index in [2.05, 4.69) is 4.98 Å². The molecule has 1 aliphatic rings. The second-order valence-electron chi connectivity index (χ2n) is 7.20. The molecule has 1 aromatic carbocycles. The standard InChI is InChI=1S/C17H21N3O6/c1-17(2,3)26-16(21)19-8-4-5-12(10-19)24-15-18-13-9-11(20(22)23)6-7-14(13)25-15/h6-7,9,12H,4-5,8,10H2,1-3H3. The van der Waals surface area contributed by atoms with Crippen molar-refractivity contribution in [2.75, 3.05) is 13.1 Å². The average Bonchev–Trinajstić information content (AvgIpc) is 2.94. The highest BCUT2D eigenvalue weighted by Gasteiger charge is 2.29. The van der Waals surface area contributed by atoms with E-state index in [9.17, 15) is 14.9 Å². The summed E-state index contributed by atoms with van der Waals surface area (Å²) < 4.78 is 16.6. The summed E-state index contributed by atoms with van der Waals surface area (Å²) in [6.45, 7) is 6.43. The van der Waals surface area contributed by atoms with E-state index < -0.39 is 10.5 Å². The smallest absolute Gasteiger partial charge is 0.410 e. The van der Waals surface area contributed by atoms with Gasteiger partial charge in [0, 0.05) is 18.7 Å². The number of hydrogen-bond acceptors (Lipinski definition) is 7. The lowest BCUT2D eigenvalue weighted by Crippen LogP contribution is -2.46. The number of benzene rings is 1. The van der Waals surface area contributed by atoms with E-state index in [1.54, 1.807) is 4.90 Å². The Kier molecular flexibility index (Phi) is 4.71. The number of likely N-dealkylation sites (tertiary alicyclic amines) is 1. The molecule has 0 N–H and O–H groups in total. The van der Waals surface area contributed by atoms with Gasteiger partial charge in [-0.2, -0.15) is 4.98 Å². The molecule has 9 nitrogen and oxygen atoms in total. The lowest BCUT2D eigenvalue weighted by Gasteiger charge is -2.33. The summed E-state index contributed by atoms with van der Waals surface area (Å²) in [5.74, 6) is 0. The Balaban J connectivity index is 1.67. The van der Waals surface area contributed by atoms with Gasteiger partial charge in [-0.1, -0.05) is 0 Å². The normalized spacial score (nSPS) is 18.0. The molecule has 0 spiro atoms. The molecule has 3 rings (SSSR count). The number of carbonyl (C=O) groups is 1. The lowest BCUT2D eigenvalue weighted by atomic mass is 10.1. The zero-order valence-corrected chi connectivity index (χ0v) is 14.9. The molecule has 1 aromatic heterocycles. The highest BCUT2D eigenvalue weighted by molar-refractivity contribution is 5.76. The molecule has 2 aromatic rings. The second kappa shape index (κ2) is 6.81. The molecule has 1 fully saturated rings. The van der Waals surface area contributed by atoms with Crippen LogP contribution in [0.2, 0.25) is 0 Å². The van der Waals surface area contributed by atoms with Gasteiger partial charge in [0.1, 0.15) is 17.2 Å². The average molecular weight is 363 g/mol. The SMILES string of the molecule is CC(C)(C)OC(=O)N1CCCC(Oc2nc3cc([N+](=O)[O-])ccc3o2)C1. The fraction of sp³-hybridized carbons (Fsp3) is 0.529. The van der Waals surface area contributed by atoms with Gasteiger partial charge in [0.15, 0.2) is 5.58 Å². The third-order valence-corrected chi connectivity index (χ3v) is 3.86. The van der Waals surface area contributed by atoms with Crippen molar-refractivity contribution in [3.05, 3.63) is 28.3 Å². The van der Waals surface area contributed by atoms with E-state index in [1.165, 1.54) is 18.2 Å². The largest absolute Gasteiger partial charge is 0.445 e. The van der Waals surface area contributed by atoms with Crippen molar-refractivity contribution in [2.24, 2.45) is 0 Å². The Labute approximate surface area is 150 Å². The van der Waals surface area contributed by atoms with Crippen LogP contribution in [0.1, 0.15) is 33.6 Å². The molecule has 26 heavy (non-hydrogen) atoms. The van der Waals surface area contributed by atoms with Crippen LogP contribution >= 0.6 is 0 Å². The number of carbonyl (C=O) groups excluding carboxylic acids is 1. The number of nitro benzene ring substituents is 1. The molecule has 0 aliphatic carbocycles. The quantitative estimate of drug-likeness (QED) is 0.606. The van der Waals surface area contributed by atoms with E-state index in [4.69, 9.17) is 13.9 Å². The molecule has 140 valence electrons. The molecule has 1 unspecified atom stereocenters. The molecule has 1 saturated heterocycles. The van der Waals surface area contributed by atoms with Gasteiger partial charge < -0.3 is 18.8 Å². The molecule has 0 bridgehead atoms. The summed E-state index contributed by atoms with van der Waals surface area (Å²) in [4.78, 5) is 28.3. The van der Waals surface area contributed by atoms with E-state index in [0.29, 0.717) is 24.2 Å². The highest BCUT2D eigenvalue weighted by Crippen LogP contribution is 2.26. The predicted octanol–water partition coefficient (Wildman–Crippen LogP) is 3.51. The van der Waals surface area contributed by atoms with E-state index in [0.717, 1.165) is 12.8 Å². The molecule has 0 saturated carbocycles. The summed E-state index contributed by atoms with van der Waals surface area (Å²) in [6, 6.07) is 4.17. The van der Waals surface area contributed by atoms with Crippen LogP contribution < -0.4 is 4.74 Å². The van der Waals surface area contributed by atoms with Crippen LogP contribution in [0.5, 0.6) is 6.08 Å². The Morgan fingerprint density at radius 3 is 2.88 bits per heavy atom. The third-order valence-electron chi connectivity index (χ3n) is 3.86. The van der Waals surface area contributed by atoms with Gasteiger partial charge in [-0.15, -0.1) is 0 Å². The fourth-order valence-electron chi connectivity index (χ4n) is 2.73. The third kappa shape index (κ3) is 4.22. The van der Waals surface area contributed by atoms with Crippen LogP contribution in [0.4, 0.5) is 10.5 Å². The summed E-state index contributed by atoms with van der Waals surface area (Å²) in [7, 11) is 0. The van der Waals surface area contributed by atoms with Crippen LogP contribution in [0.25, 0.3) is 11.1 Å². The number of fused-ring (bicyclic) bond motifs is 1. The summed E-state index contributed by atoms with van der Waals surface area (Å²) in [5, 5.41) is 10.8. The maximum atomic E-state index is 12.2. The molecule has 1 aliphatic heterocycles. The van der Waals surface area contributed by atoms with Gasteiger partial charge in [-0.25, -0.2) is 4.79 Å². The molecular formula is C17H21N3O6. The van der Waals surface area contributed by atoms with Crippen molar-refractivity contribution < 1.29 is 23.6 Å². The maximum absolute atomic E-state index is 12.2. The topological polar surface area (TPSA) is 108 Å². The zero-order valence-electron chi connectivity index (χ0n) is 14.9. The zero-order chi connectivity index (χ0) is 18.9. The number of rotatable bonds is 3. The summed E-state index contributed by atoms with van der Waals surface area (Å²) >= 11 is 0. The molecule has 1 amide bonds. The molecule has 1 atom stereocenters. The molecule has 2 heterocycles. The first-order valence-corrected chi connectivity index (χ1v) is 8.41. The Morgan fingerprint density at radius 1 is 1.42 bits per heavy atom. The first-order chi connectivity index (χ1) is 12.2. The predicted molar refractivity (Wildman–Crippen MR) is 92.1 cm³/mol. The maximum Gasteiger partial charge on any atom is 0.410 e. The number of hydrogen-bond donors (Lipinski definition) is 0. The minimum absolute atomic E-state index is 0.0385. The fourth-order valence-corrected chi connectivity index (χ4v) is 2.73.